The first-order valence-corrected chi connectivity index (χ1v) is 17.8. The second kappa shape index (κ2) is 16.2. The summed E-state index contributed by atoms with van der Waals surface area (Å²) in [6, 6.07) is 15.3. The van der Waals surface area contributed by atoms with Crippen LogP contribution in [0.4, 0.5) is 0 Å². The maximum atomic E-state index is 13.8. The Labute approximate surface area is 272 Å². The van der Waals surface area contributed by atoms with Crippen LogP contribution in [-0.2, 0) is 16.6 Å². The fourth-order valence-corrected chi connectivity index (χ4v) is 7.77. The van der Waals surface area contributed by atoms with Crippen LogP contribution in [0.5, 0.6) is 17.2 Å². The Balaban J connectivity index is 1.32. The minimum absolute atomic E-state index is 0.101. The molecule has 1 aliphatic carbocycles. The molecule has 5 rings (SSSR count). The minimum atomic E-state index is -0.131. The molecule has 0 aromatic heterocycles. The van der Waals surface area contributed by atoms with Gasteiger partial charge in [0.05, 0.1) is 25.7 Å². The van der Waals surface area contributed by atoms with Gasteiger partial charge in [0.2, 0.25) is 5.91 Å². The molecule has 248 valence electrons. The average molecular weight is 620 g/mol. The van der Waals surface area contributed by atoms with Crippen molar-refractivity contribution in [1.82, 2.24) is 14.7 Å². The quantitative estimate of drug-likeness (QED) is 0.248. The number of rotatable bonds is 13. The highest BCUT2D eigenvalue weighted by molar-refractivity contribution is 5.79. The van der Waals surface area contributed by atoms with Crippen molar-refractivity contribution >= 4 is 5.91 Å². The molecule has 1 amide bonds. The molecule has 7 nitrogen and oxygen atoms in total. The van der Waals surface area contributed by atoms with Gasteiger partial charge in [0.15, 0.2) is 11.5 Å². The largest absolute Gasteiger partial charge is 0.491 e. The number of carbonyl (C=O) groups excluding carboxylic acids is 1. The van der Waals surface area contributed by atoms with Gasteiger partial charge in [-0.15, -0.1) is 0 Å². The van der Waals surface area contributed by atoms with Crippen molar-refractivity contribution in [2.45, 2.75) is 103 Å². The summed E-state index contributed by atoms with van der Waals surface area (Å²) in [6.45, 7) is 16.5. The second-order valence-electron chi connectivity index (χ2n) is 13.6. The van der Waals surface area contributed by atoms with Crippen LogP contribution in [0.15, 0.2) is 42.5 Å². The van der Waals surface area contributed by atoms with Crippen LogP contribution >= 0.6 is 0 Å². The van der Waals surface area contributed by atoms with E-state index in [1.54, 1.807) is 0 Å². The predicted octanol–water partition coefficient (Wildman–Crippen LogP) is 6.71. The van der Waals surface area contributed by atoms with Crippen molar-refractivity contribution < 1.29 is 19.0 Å². The Morgan fingerprint density at radius 3 is 2.38 bits per heavy atom. The number of carbonyl (C=O) groups is 1. The number of ether oxygens (including phenoxy) is 3. The summed E-state index contributed by atoms with van der Waals surface area (Å²) < 4.78 is 17.9. The third-order valence-electron chi connectivity index (χ3n) is 10.1. The van der Waals surface area contributed by atoms with Gasteiger partial charge in [-0.05, 0) is 102 Å². The molecule has 7 heteroatoms. The SMILES string of the molecule is CCOc1ccc(C2(CCN3CCN(C4CCCCC4)CC3)CCCN(C(=O)Cc3cccc(OC(C)C)c3)C2)cc1OCC. The van der Waals surface area contributed by atoms with E-state index in [9.17, 15) is 4.79 Å². The number of benzene rings is 2. The van der Waals surface area contributed by atoms with Gasteiger partial charge in [0.25, 0.3) is 0 Å². The molecule has 0 radical (unpaired) electrons. The first-order valence-electron chi connectivity index (χ1n) is 17.8. The van der Waals surface area contributed by atoms with E-state index in [0.717, 1.165) is 80.8 Å². The van der Waals surface area contributed by atoms with Gasteiger partial charge in [-0.25, -0.2) is 0 Å². The van der Waals surface area contributed by atoms with Crippen molar-refractivity contribution in [3.63, 3.8) is 0 Å². The molecule has 2 saturated heterocycles. The van der Waals surface area contributed by atoms with Crippen molar-refractivity contribution in [3.05, 3.63) is 53.6 Å². The number of amides is 1. The van der Waals surface area contributed by atoms with Gasteiger partial charge in [0, 0.05) is 50.7 Å². The van der Waals surface area contributed by atoms with Crippen LogP contribution in [0.3, 0.4) is 0 Å². The fraction of sp³-hybridized carbons (Fsp3) is 0.658. The molecule has 45 heavy (non-hydrogen) atoms. The number of likely N-dealkylation sites (tertiary alicyclic amines) is 1. The van der Waals surface area contributed by atoms with Gasteiger partial charge < -0.3 is 24.0 Å². The van der Waals surface area contributed by atoms with Crippen LogP contribution in [0.1, 0.15) is 90.2 Å². The zero-order chi connectivity index (χ0) is 31.6. The second-order valence-corrected chi connectivity index (χ2v) is 13.6. The lowest BCUT2D eigenvalue weighted by Gasteiger charge is -2.46. The summed E-state index contributed by atoms with van der Waals surface area (Å²) in [5, 5.41) is 0. The third-order valence-corrected chi connectivity index (χ3v) is 10.1. The molecule has 2 aliphatic heterocycles. The van der Waals surface area contributed by atoms with E-state index in [1.807, 2.05) is 52.0 Å². The summed E-state index contributed by atoms with van der Waals surface area (Å²) in [7, 11) is 0. The van der Waals surface area contributed by atoms with Crippen LogP contribution < -0.4 is 14.2 Å². The van der Waals surface area contributed by atoms with Crippen molar-refractivity contribution in [2.24, 2.45) is 0 Å². The Morgan fingerprint density at radius 2 is 1.64 bits per heavy atom. The smallest absolute Gasteiger partial charge is 0.227 e. The summed E-state index contributed by atoms with van der Waals surface area (Å²) in [5.41, 5.74) is 2.14. The van der Waals surface area contributed by atoms with Crippen LogP contribution in [0, 0.1) is 0 Å². The van der Waals surface area contributed by atoms with Crippen molar-refractivity contribution in [1.29, 1.82) is 0 Å². The van der Waals surface area contributed by atoms with E-state index < -0.39 is 0 Å². The fourth-order valence-electron chi connectivity index (χ4n) is 7.77. The van der Waals surface area contributed by atoms with E-state index in [-0.39, 0.29) is 17.4 Å². The summed E-state index contributed by atoms with van der Waals surface area (Å²) in [4.78, 5) is 21.4. The molecule has 1 saturated carbocycles. The Bertz CT molecular complexity index is 1220. The minimum Gasteiger partial charge on any atom is -0.491 e. The van der Waals surface area contributed by atoms with E-state index >= 15 is 0 Å². The van der Waals surface area contributed by atoms with Crippen LogP contribution in [0.2, 0.25) is 0 Å². The van der Waals surface area contributed by atoms with Crippen LogP contribution in [0.25, 0.3) is 0 Å². The molecule has 2 aromatic rings. The summed E-state index contributed by atoms with van der Waals surface area (Å²) in [5.74, 6) is 2.62. The molecule has 3 aliphatic rings. The molecular weight excluding hydrogens is 562 g/mol. The molecular formula is C38H57N3O4. The lowest BCUT2D eigenvalue weighted by Crippen LogP contribution is -2.53. The van der Waals surface area contributed by atoms with E-state index in [4.69, 9.17) is 14.2 Å². The number of piperidine rings is 1. The topological polar surface area (TPSA) is 54.5 Å². The van der Waals surface area contributed by atoms with E-state index in [1.165, 1.54) is 50.8 Å². The molecule has 2 heterocycles. The number of piperazine rings is 1. The highest BCUT2D eigenvalue weighted by Crippen LogP contribution is 2.41. The summed E-state index contributed by atoms with van der Waals surface area (Å²) >= 11 is 0. The molecule has 1 unspecified atom stereocenters. The zero-order valence-corrected chi connectivity index (χ0v) is 28.4. The van der Waals surface area contributed by atoms with Gasteiger partial charge >= 0.3 is 0 Å². The maximum Gasteiger partial charge on any atom is 0.227 e. The highest BCUT2D eigenvalue weighted by Gasteiger charge is 2.40. The first-order chi connectivity index (χ1) is 21.9. The zero-order valence-electron chi connectivity index (χ0n) is 28.4. The first kappa shape index (κ1) is 33.6. The molecule has 0 N–H and O–H groups in total. The van der Waals surface area contributed by atoms with Crippen LogP contribution in [-0.4, -0.2) is 91.8 Å². The monoisotopic (exact) mass is 619 g/mol. The van der Waals surface area contributed by atoms with Gasteiger partial charge in [0.1, 0.15) is 5.75 Å². The number of nitrogens with zero attached hydrogens (tertiary/aromatic N) is 3. The third kappa shape index (κ3) is 8.94. The number of hydrogen-bond donors (Lipinski definition) is 0. The maximum absolute atomic E-state index is 13.8. The van der Waals surface area contributed by atoms with Gasteiger partial charge in [-0.2, -0.15) is 0 Å². The predicted molar refractivity (Wildman–Crippen MR) is 182 cm³/mol. The molecule has 3 fully saturated rings. The summed E-state index contributed by atoms with van der Waals surface area (Å²) in [6.07, 6.45) is 10.5. The number of hydrogen-bond acceptors (Lipinski definition) is 6. The Kier molecular flexibility index (Phi) is 12.1. The molecule has 2 aromatic carbocycles. The molecule has 0 bridgehead atoms. The van der Waals surface area contributed by atoms with E-state index in [2.05, 4.69) is 32.9 Å². The highest BCUT2D eigenvalue weighted by atomic mass is 16.5. The van der Waals surface area contributed by atoms with E-state index in [0.29, 0.717) is 19.6 Å². The van der Waals surface area contributed by atoms with Gasteiger partial charge in [-0.3, -0.25) is 9.69 Å². The standard InChI is InChI=1S/C38H57N3O4/c1-5-43-35-17-16-32(28-36(35)44-6-2)38(19-21-39-22-24-40(25-23-39)33-13-8-7-9-14-33)18-11-20-41(29-38)37(42)27-31-12-10-15-34(26-31)45-30(3)4/h10,12,15-17,26,28,30,33H,5-9,11,13-14,18-25,27,29H2,1-4H3. The lowest BCUT2D eigenvalue weighted by atomic mass is 9.71. The normalized spacial score (nSPS) is 22.0. The lowest BCUT2D eigenvalue weighted by molar-refractivity contribution is -0.132. The molecule has 1 atom stereocenters. The average Bonchev–Trinajstić information content (AvgIpc) is 3.05. The Hall–Kier alpha value is -2.77. The van der Waals surface area contributed by atoms with Gasteiger partial charge in [-0.1, -0.05) is 37.5 Å². The molecule has 0 spiro atoms. The Morgan fingerprint density at radius 1 is 0.889 bits per heavy atom. The van der Waals surface area contributed by atoms with Crippen molar-refractivity contribution in [3.8, 4) is 17.2 Å². The van der Waals surface area contributed by atoms with Crippen molar-refractivity contribution in [2.75, 3.05) is 59.0 Å².